The van der Waals surface area contributed by atoms with Crippen LogP contribution in [0.15, 0.2) is 24.3 Å². The Labute approximate surface area is 138 Å². The fourth-order valence-corrected chi connectivity index (χ4v) is 2.94. The standard InChI is InChI=1S/C16H20F2N4O2/c1-10(20-14(23)16(19)6-8-24-9-7-16)13-21-11-4-2-3-5-12(11)22(13)15(17)18/h2-5,10,15H,6-9,19H2,1H3,(H,20,23). The average molecular weight is 338 g/mol. The van der Waals surface area contributed by atoms with Gasteiger partial charge in [-0.3, -0.25) is 9.36 Å². The highest BCUT2D eigenvalue weighted by molar-refractivity contribution is 5.86. The van der Waals surface area contributed by atoms with Crippen molar-refractivity contribution in [2.75, 3.05) is 13.2 Å². The summed E-state index contributed by atoms with van der Waals surface area (Å²) in [6, 6.07) is 5.95. The van der Waals surface area contributed by atoms with Gasteiger partial charge < -0.3 is 15.8 Å². The third-order valence-corrected chi connectivity index (χ3v) is 4.39. The number of alkyl halides is 2. The number of rotatable bonds is 4. The summed E-state index contributed by atoms with van der Waals surface area (Å²) in [6.45, 7) is -0.302. The number of imidazole rings is 1. The van der Waals surface area contributed by atoms with E-state index in [1.165, 1.54) is 0 Å². The number of nitrogens with zero attached hydrogens (tertiary/aromatic N) is 2. The molecule has 3 rings (SSSR count). The fraction of sp³-hybridized carbons (Fsp3) is 0.500. The number of fused-ring (bicyclic) bond motifs is 1. The lowest BCUT2D eigenvalue weighted by Crippen LogP contribution is -2.57. The van der Waals surface area contributed by atoms with Gasteiger partial charge in [-0.2, -0.15) is 8.78 Å². The molecule has 3 N–H and O–H groups in total. The van der Waals surface area contributed by atoms with Gasteiger partial charge in [-0.05, 0) is 31.9 Å². The summed E-state index contributed by atoms with van der Waals surface area (Å²) in [7, 11) is 0. The number of amides is 1. The molecule has 8 heteroatoms. The summed E-state index contributed by atoms with van der Waals surface area (Å²) in [5.41, 5.74) is 5.89. The highest BCUT2D eigenvalue weighted by Crippen LogP contribution is 2.27. The van der Waals surface area contributed by atoms with Gasteiger partial charge >= 0.3 is 6.55 Å². The molecule has 1 aromatic carbocycles. The normalized spacial score (nSPS) is 18.7. The topological polar surface area (TPSA) is 82.2 Å². The van der Waals surface area contributed by atoms with Gasteiger partial charge in [-0.15, -0.1) is 0 Å². The zero-order chi connectivity index (χ0) is 17.3. The monoisotopic (exact) mass is 338 g/mol. The van der Waals surface area contributed by atoms with E-state index in [9.17, 15) is 13.6 Å². The Morgan fingerprint density at radius 2 is 2.04 bits per heavy atom. The minimum atomic E-state index is -2.75. The molecule has 1 aromatic heterocycles. The first-order valence-corrected chi connectivity index (χ1v) is 7.85. The predicted octanol–water partition coefficient (Wildman–Crippen LogP) is 2.12. The third-order valence-electron chi connectivity index (χ3n) is 4.39. The van der Waals surface area contributed by atoms with Crippen molar-refractivity contribution in [1.82, 2.24) is 14.9 Å². The van der Waals surface area contributed by atoms with Crippen molar-refractivity contribution < 1.29 is 18.3 Å². The number of carbonyl (C=O) groups is 1. The molecule has 1 unspecified atom stereocenters. The molecule has 2 aromatic rings. The van der Waals surface area contributed by atoms with Crippen molar-refractivity contribution in [3.05, 3.63) is 30.1 Å². The second kappa shape index (κ2) is 6.45. The molecule has 2 heterocycles. The van der Waals surface area contributed by atoms with Crippen LogP contribution in [0.4, 0.5) is 8.78 Å². The van der Waals surface area contributed by atoms with E-state index in [0.717, 1.165) is 4.57 Å². The maximum Gasteiger partial charge on any atom is 0.320 e. The molecule has 1 aliphatic rings. The quantitative estimate of drug-likeness (QED) is 0.895. The summed E-state index contributed by atoms with van der Waals surface area (Å²) in [4.78, 5) is 16.7. The highest BCUT2D eigenvalue weighted by Gasteiger charge is 2.37. The van der Waals surface area contributed by atoms with E-state index in [-0.39, 0.29) is 11.7 Å². The minimum Gasteiger partial charge on any atom is -0.381 e. The molecule has 0 bridgehead atoms. The molecule has 130 valence electrons. The highest BCUT2D eigenvalue weighted by atomic mass is 19.3. The number of hydrogen-bond donors (Lipinski definition) is 2. The van der Waals surface area contributed by atoms with E-state index in [1.54, 1.807) is 31.2 Å². The van der Waals surface area contributed by atoms with E-state index in [0.29, 0.717) is 37.1 Å². The smallest absolute Gasteiger partial charge is 0.320 e. The lowest BCUT2D eigenvalue weighted by atomic mass is 9.90. The minimum absolute atomic E-state index is 0.107. The Bertz CT molecular complexity index is 741. The number of nitrogens with one attached hydrogen (secondary N) is 1. The number of hydrogen-bond acceptors (Lipinski definition) is 4. The lowest BCUT2D eigenvalue weighted by molar-refractivity contribution is -0.130. The molecule has 24 heavy (non-hydrogen) atoms. The van der Waals surface area contributed by atoms with Crippen molar-refractivity contribution >= 4 is 16.9 Å². The Morgan fingerprint density at radius 1 is 1.38 bits per heavy atom. The van der Waals surface area contributed by atoms with Gasteiger partial charge in [0.1, 0.15) is 5.82 Å². The van der Waals surface area contributed by atoms with E-state index >= 15 is 0 Å². The molecule has 0 saturated carbocycles. The number of para-hydroxylation sites is 2. The van der Waals surface area contributed by atoms with Crippen LogP contribution in [0.3, 0.4) is 0 Å². The van der Waals surface area contributed by atoms with E-state index in [4.69, 9.17) is 10.5 Å². The molecule has 1 aliphatic heterocycles. The SMILES string of the molecule is CC(NC(=O)C1(N)CCOCC1)c1nc2ccccc2n1C(F)F. The van der Waals surface area contributed by atoms with Gasteiger partial charge in [0.05, 0.1) is 22.6 Å². The van der Waals surface area contributed by atoms with Gasteiger partial charge in [0.25, 0.3) is 0 Å². The van der Waals surface area contributed by atoms with Crippen LogP contribution in [0, 0.1) is 0 Å². The van der Waals surface area contributed by atoms with Crippen LogP contribution in [0.1, 0.15) is 38.2 Å². The second-order valence-electron chi connectivity index (χ2n) is 6.07. The first kappa shape index (κ1) is 16.8. The summed E-state index contributed by atoms with van der Waals surface area (Å²) < 4.78 is 33.0. The van der Waals surface area contributed by atoms with Crippen LogP contribution in [0.25, 0.3) is 11.0 Å². The molecule has 6 nitrogen and oxygen atoms in total. The predicted molar refractivity (Wildman–Crippen MR) is 84.5 cm³/mol. The molecular formula is C16H20F2N4O2. The van der Waals surface area contributed by atoms with E-state index in [1.807, 2.05) is 0 Å². The molecule has 1 saturated heterocycles. The van der Waals surface area contributed by atoms with Crippen molar-refractivity contribution in [3.8, 4) is 0 Å². The molecule has 1 atom stereocenters. The molecule has 0 spiro atoms. The molecule has 1 fully saturated rings. The second-order valence-corrected chi connectivity index (χ2v) is 6.07. The fourth-order valence-electron chi connectivity index (χ4n) is 2.94. The number of aromatic nitrogens is 2. The number of benzene rings is 1. The molecule has 1 amide bonds. The van der Waals surface area contributed by atoms with Gasteiger partial charge in [-0.25, -0.2) is 4.98 Å². The molecule has 0 aliphatic carbocycles. The van der Waals surface area contributed by atoms with Crippen LogP contribution in [0.2, 0.25) is 0 Å². The summed E-state index contributed by atoms with van der Waals surface area (Å²) in [5, 5.41) is 2.73. The van der Waals surface area contributed by atoms with Crippen LogP contribution < -0.4 is 11.1 Å². The van der Waals surface area contributed by atoms with Crippen LogP contribution >= 0.6 is 0 Å². The number of ether oxygens (including phenoxy) is 1. The van der Waals surface area contributed by atoms with E-state index < -0.39 is 18.1 Å². The number of nitrogens with two attached hydrogens (primary N) is 1. The van der Waals surface area contributed by atoms with Gasteiger partial charge in [0, 0.05) is 13.2 Å². The lowest BCUT2D eigenvalue weighted by Gasteiger charge is -2.32. The Morgan fingerprint density at radius 3 is 2.71 bits per heavy atom. The van der Waals surface area contributed by atoms with Gasteiger partial charge in [0.15, 0.2) is 0 Å². The molecular weight excluding hydrogens is 318 g/mol. The number of halogens is 2. The van der Waals surface area contributed by atoms with Crippen molar-refractivity contribution in [2.24, 2.45) is 5.73 Å². The maximum atomic E-state index is 13.5. The first-order valence-electron chi connectivity index (χ1n) is 7.85. The largest absolute Gasteiger partial charge is 0.381 e. The van der Waals surface area contributed by atoms with Crippen molar-refractivity contribution in [1.29, 1.82) is 0 Å². The number of carbonyl (C=O) groups excluding carboxylic acids is 1. The summed E-state index contributed by atoms with van der Waals surface area (Å²) in [5.74, 6) is -0.263. The first-order chi connectivity index (χ1) is 11.4. The van der Waals surface area contributed by atoms with Gasteiger partial charge in [-0.1, -0.05) is 12.1 Å². The zero-order valence-corrected chi connectivity index (χ0v) is 13.3. The van der Waals surface area contributed by atoms with Crippen molar-refractivity contribution in [2.45, 2.75) is 37.9 Å². The Balaban J connectivity index is 1.87. The summed E-state index contributed by atoms with van der Waals surface area (Å²) >= 11 is 0. The van der Waals surface area contributed by atoms with Crippen molar-refractivity contribution in [3.63, 3.8) is 0 Å². The maximum absolute atomic E-state index is 13.5. The third kappa shape index (κ3) is 2.99. The van der Waals surface area contributed by atoms with E-state index in [2.05, 4.69) is 10.3 Å². The van der Waals surface area contributed by atoms with Crippen LogP contribution in [-0.2, 0) is 9.53 Å². The zero-order valence-electron chi connectivity index (χ0n) is 13.3. The van der Waals surface area contributed by atoms with Crippen LogP contribution in [-0.4, -0.2) is 34.2 Å². The Kier molecular flexibility index (Phi) is 4.51. The Hall–Kier alpha value is -2.06. The van der Waals surface area contributed by atoms with Crippen LogP contribution in [0.5, 0.6) is 0 Å². The summed E-state index contributed by atoms with van der Waals surface area (Å²) in [6.07, 6.45) is 0.799. The van der Waals surface area contributed by atoms with Gasteiger partial charge in [0.2, 0.25) is 5.91 Å². The molecule has 0 radical (unpaired) electrons. The average Bonchev–Trinajstić information content (AvgIpc) is 2.95.